The average Bonchev–Trinajstić information content (AvgIpc) is 3.32. The normalized spacial score (nSPS) is 13.5. The van der Waals surface area contributed by atoms with E-state index in [-0.39, 0.29) is 23.6 Å². The number of hydrogen-bond acceptors (Lipinski definition) is 6. The molecule has 132 valence electrons. The summed E-state index contributed by atoms with van der Waals surface area (Å²) in [4.78, 5) is 33.1. The van der Waals surface area contributed by atoms with Crippen molar-refractivity contribution >= 4 is 50.8 Å². The molecule has 2 amide bonds. The predicted octanol–water partition coefficient (Wildman–Crippen LogP) is 3.31. The van der Waals surface area contributed by atoms with E-state index in [1.807, 2.05) is 11.4 Å². The molecule has 8 heteroatoms. The second-order valence-corrected chi connectivity index (χ2v) is 7.82. The van der Waals surface area contributed by atoms with Crippen LogP contribution < -0.4 is 10.6 Å². The summed E-state index contributed by atoms with van der Waals surface area (Å²) in [5.74, 6) is -0.111. The smallest absolute Gasteiger partial charge is 0.253 e. The summed E-state index contributed by atoms with van der Waals surface area (Å²) >= 11 is 2.92. The summed E-state index contributed by atoms with van der Waals surface area (Å²) in [6.45, 7) is 0. The van der Waals surface area contributed by atoms with Gasteiger partial charge in [-0.15, -0.1) is 11.3 Å². The number of carbonyl (C=O) groups excluding carboxylic acids is 2. The summed E-state index contributed by atoms with van der Waals surface area (Å²) in [6.07, 6.45) is 3.55. The minimum atomic E-state index is -0.176. The Morgan fingerprint density at radius 2 is 2.04 bits per heavy atom. The monoisotopic (exact) mass is 384 g/mol. The number of fused-ring (bicyclic) bond motifs is 1. The molecule has 1 aliphatic rings. The third kappa shape index (κ3) is 3.86. The second-order valence-electron chi connectivity index (χ2n) is 5.94. The molecule has 1 saturated carbocycles. The van der Waals surface area contributed by atoms with Crippen molar-refractivity contribution in [2.45, 2.75) is 23.9 Å². The highest BCUT2D eigenvalue weighted by Gasteiger charge is 2.25. The molecule has 0 atom stereocenters. The molecular formula is C18H16N4O2S2. The quantitative estimate of drug-likeness (QED) is 0.503. The molecule has 1 aliphatic carbocycles. The van der Waals surface area contributed by atoms with E-state index in [9.17, 15) is 9.59 Å². The number of aromatic nitrogens is 2. The topological polar surface area (TPSA) is 84.0 Å². The fourth-order valence-corrected chi connectivity index (χ4v) is 4.22. The highest BCUT2D eigenvalue weighted by molar-refractivity contribution is 8.00. The number of nitrogens with one attached hydrogen (secondary N) is 2. The van der Waals surface area contributed by atoms with E-state index in [0.29, 0.717) is 11.3 Å². The fourth-order valence-electron chi connectivity index (χ4n) is 2.47. The molecule has 0 radical (unpaired) electrons. The number of anilines is 1. The highest BCUT2D eigenvalue weighted by atomic mass is 32.2. The third-order valence-electron chi connectivity index (χ3n) is 3.91. The Bertz CT molecular complexity index is 968. The Hall–Kier alpha value is -2.45. The number of carbonyl (C=O) groups is 2. The van der Waals surface area contributed by atoms with Gasteiger partial charge < -0.3 is 10.6 Å². The van der Waals surface area contributed by atoms with Crippen molar-refractivity contribution in [1.82, 2.24) is 15.3 Å². The lowest BCUT2D eigenvalue weighted by atomic mass is 10.1. The lowest BCUT2D eigenvalue weighted by molar-refractivity contribution is -0.113. The Morgan fingerprint density at radius 3 is 2.88 bits per heavy atom. The molecule has 0 unspecified atom stereocenters. The minimum Gasteiger partial charge on any atom is -0.349 e. The maximum Gasteiger partial charge on any atom is 0.253 e. The molecule has 1 aromatic carbocycles. The summed E-state index contributed by atoms with van der Waals surface area (Å²) in [5, 5.41) is 8.53. The van der Waals surface area contributed by atoms with Crippen LogP contribution in [0.4, 0.5) is 5.69 Å². The SMILES string of the molecule is O=C(CSc1ncnc2ccsc12)Nc1ccccc1C(=O)NC1CC1. The van der Waals surface area contributed by atoms with Gasteiger partial charge >= 0.3 is 0 Å². The summed E-state index contributed by atoms with van der Waals surface area (Å²) in [5.41, 5.74) is 1.90. The minimum absolute atomic E-state index is 0.146. The van der Waals surface area contributed by atoms with Crippen LogP contribution in [0.5, 0.6) is 0 Å². The van der Waals surface area contributed by atoms with Crippen molar-refractivity contribution in [1.29, 1.82) is 0 Å². The number of nitrogens with zero attached hydrogens (tertiary/aromatic N) is 2. The summed E-state index contributed by atoms with van der Waals surface area (Å²) < 4.78 is 0.981. The van der Waals surface area contributed by atoms with Crippen molar-refractivity contribution in [3.63, 3.8) is 0 Å². The molecule has 6 nitrogen and oxygen atoms in total. The summed E-state index contributed by atoms with van der Waals surface area (Å²) in [7, 11) is 0. The van der Waals surface area contributed by atoms with E-state index in [0.717, 1.165) is 28.1 Å². The van der Waals surface area contributed by atoms with Gasteiger partial charge in [0.2, 0.25) is 5.91 Å². The molecule has 2 aromatic heterocycles. The van der Waals surface area contributed by atoms with Gasteiger partial charge in [0.1, 0.15) is 11.4 Å². The molecular weight excluding hydrogens is 368 g/mol. The van der Waals surface area contributed by atoms with E-state index in [2.05, 4.69) is 20.6 Å². The van der Waals surface area contributed by atoms with Gasteiger partial charge in [0, 0.05) is 6.04 Å². The first kappa shape index (κ1) is 17.0. The zero-order valence-electron chi connectivity index (χ0n) is 13.8. The van der Waals surface area contributed by atoms with Gasteiger partial charge in [0.25, 0.3) is 5.91 Å². The lowest BCUT2D eigenvalue weighted by Gasteiger charge is -2.11. The van der Waals surface area contributed by atoms with Gasteiger partial charge in [0.05, 0.1) is 27.2 Å². The van der Waals surface area contributed by atoms with Crippen LogP contribution in [-0.2, 0) is 4.79 Å². The van der Waals surface area contributed by atoms with E-state index < -0.39 is 0 Å². The maximum atomic E-state index is 12.4. The van der Waals surface area contributed by atoms with Gasteiger partial charge in [-0.05, 0) is 36.4 Å². The molecule has 1 fully saturated rings. The number of thioether (sulfide) groups is 1. The van der Waals surface area contributed by atoms with Crippen LogP contribution >= 0.6 is 23.1 Å². The molecule has 0 bridgehead atoms. The predicted molar refractivity (Wildman–Crippen MR) is 104 cm³/mol. The molecule has 2 heterocycles. The average molecular weight is 384 g/mol. The first-order valence-corrected chi connectivity index (χ1v) is 10.1. The van der Waals surface area contributed by atoms with Crippen LogP contribution in [-0.4, -0.2) is 33.6 Å². The number of benzene rings is 1. The van der Waals surface area contributed by atoms with Crippen LogP contribution in [0.1, 0.15) is 23.2 Å². The number of thiophene rings is 1. The van der Waals surface area contributed by atoms with Crippen LogP contribution in [0.15, 0.2) is 47.1 Å². The second kappa shape index (κ2) is 7.43. The van der Waals surface area contributed by atoms with Gasteiger partial charge in [-0.2, -0.15) is 0 Å². The fraction of sp³-hybridized carbons (Fsp3) is 0.222. The first-order valence-electron chi connectivity index (χ1n) is 8.21. The first-order chi connectivity index (χ1) is 12.7. The highest BCUT2D eigenvalue weighted by Crippen LogP contribution is 2.29. The van der Waals surface area contributed by atoms with Crippen molar-refractivity contribution in [2.24, 2.45) is 0 Å². The van der Waals surface area contributed by atoms with Crippen LogP contribution in [0.3, 0.4) is 0 Å². The van der Waals surface area contributed by atoms with Gasteiger partial charge in [-0.3, -0.25) is 9.59 Å². The van der Waals surface area contributed by atoms with Crippen molar-refractivity contribution < 1.29 is 9.59 Å². The number of para-hydroxylation sites is 1. The van der Waals surface area contributed by atoms with Gasteiger partial charge in [0.15, 0.2) is 0 Å². The number of rotatable bonds is 6. The lowest BCUT2D eigenvalue weighted by Crippen LogP contribution is -2.27. The summed E-state index contributed by atoms with van der Waals surface area (Å²) in [6, 6.07) is 9.26. The van der Waals surface area contributed by atoms with E-state index in [1.54, 1.807) is 35.6 Å². The molecule has 26 heavy (non-hydrogen) atoms. The zero-order chi connectivity index (χ0) is 17.9. The maximum absolute atomic E-state index is 12.4. The Kier molecular flexibility index (Phi) is 4.85. The van der Waals surface area contributed by atoms with E-state index in [4.69, 9.17) is 0 Å². The zero-order valence-corrected chi connectivity index (χ0v) is 15.4. The van der Waals surface area contributed by atoms with Crippen LogP contribution in [0, 0.1) is 0 Å². The molecule has 0 spiro atoms. The number of amides is 2. The molecule has 3 aromatic rings. The van der Waals surface area contributed by atoms with Crippen LogP contribution in [0.25, 0.3) is 10.2 Å². The standard InChI is InChI=1S/C18H16N4O2S2/c23-15(9-26-18-16-14(7-8-25-16)19-10-20-18)22-13-4-2-1-3-12(13)17(24)21-11-5-6-11/h1-4,7-8,10-11H,5-6,9H2,(H,21,24)(H,22,23). The van der Waals surface area contributed by atoms with E-state index >= 15 is 0 Å². The van der Waals surface area contributed by atoms with Crippen molar-refractivity contribution in [3.8, 4) is 0 Å². The Morgan fingerprint density at radius 1 is 1.19 bits per heavy atom. The third-order valence-corrected chi connectivity index (χ3v) is 5.94. The van der Waals surface area contributed by atoms with Gasteiger partial charge in [-0.25, -0.2) is 9.97 Å². The van der Waals surface area contributed by atoms with Crippen molar-refractivity contribution in [3.05, 3.63) is 47.6 Å². The molecule has 0 aliphatic heterocycles. The number of hydrogen-bond donors (Lipinski definition) is 2. The van der Waals surface area contributed by atoms with Crippen LogP contribution in [0.2, 0.25) is 0 Å². The van der Waals surface area contributed by atoms with Crippen molar-refractivity contribution in [2.75, 3.05) is 11.1 Å². The molecule has 4 rings (SSSR count). The molecule has 0 saturated heterocycles. The Balaban J connectivity index is 1.42. The van der Waals surface area contributed by atoms with E-state index in [1.165, 1.54) is 18.1 Å². The molecule has 2 N–H and O–H groups in total. The van der Waals surface area contributed by atoms with Gasteiger partial charge in [-0.1, -0.05) is 23.9 Å². The largest absolute Gasteiger partial charge is 0.349 e. The Labute approximate surface area is 158 Å².